The standard InChI is InChI=1S/C13H17ClN2O3/c1-13(17)6-4-10(5-7-13)15-11-3-2-9(14)8-12(11)16(18)19/h2-3,8,10,15,17H,4-7H2,1H3. The highest BCUT2D eigenvalue weighted by Gasteiger charge is 2.29. The predicted octanol–water partition coefficient (Wildman–Crippen LogP) is 3.35. The van der Waals surface area contributed by atoms with Gasteiger partial charge in [-0.25, -0.2) is 0 Å². The summed E-state index contributed by atoms with van der Waals surface area (Å²) in [6.07, 6.45) is 3.00. The van der Waals surface area contributed by atoms with Crippen molar-refractivity contribution in [2.75, 3.05) is 5.32 Å². The topological polar surface area (TPSA) is 75.4 Å². The van der Waals surface area contributed by atoms with E-state index in [0.29, 0.717) is 23.6 Å². The van der Waals surface area contributed by atoms with Crippen molar-refractivity contribution in [3.8, 4) is 0 Å². The Morgan fingerprint density at radius 2 is 2.11 bits per heavy atom. The van der Waals surface area contributed by atoms with Gasteiger partial charge in [0.15, 0.2) is 0 Å². The van der Waals surface area contributed by atoms with Crippen LogP contribution in [0.25, 0.3) is 0 Å². The van der Waals surface area contributed by atoms with Gasteiger partial charge in [-0.05, 0) is 44.7 Å². The highest BCUT2D eigenvalue weighted by Crippen LogP contribution is 2.33. The van der Waals surface area contributed by atoms with Crippen molar-refractivity contribution in [1.29, 1.82) is 0 Å². The molecule has 1 aliphatic carbocycles. The minimum Gasteiger partial charge on any atom is -0.390 e. The van der Waals surface area contributed by atoms with Gasteiger partial charge in [0, 0.05) is 17.1 Å². The Morgan fingerprint density at radius 3 is 2.68 bits per heavy atom. The molecular formula is C13H17ClN2O3. The number of nitro benzene ring substituents is 1. The van der Waals surface area contributed by atoms with Crippen LogP contribution < -0.4 is 5.32 Å². The van der Waals surface area contributed by atoms with Gasteiger partial charge in [0.2, 0.25) is 0 Å². The van der Waals surface area contributed by atoms with E-state index in [9.17, 15) is 15.2 Å². The number of hydrogen-bond acceptors (Lipinski definition) is 4. The minimum absolute atomic E-state index is 0.00941. The Balaban J connectivity index is 2.10. The van der Waals surface area contributed by atoms with Gasteiger partial charge in [-0.15, -0.1) is 0 Å². The van der Waals surface area contributed by atoms with Crippen LogP contribution in [0.3, 0.4) is 0 Å². The largest absolute Gasteiger partial charge is 0.390 e. The van der Waals surface area contributed by atoms with E-state index in [-0.39, 0.29) is 11.7 Å². The molecule has 0 spiro atoms. The van der Waals surface area contributed by atoms with Gasteiger partial charge in [0.1, 0.15) is 5.69 Å². The van der Waals surface area contributed by atoms with Crippen LogP contribution in [0.1, 0.15) is 32.6 Å². The molecule has 1 aromatic rings. The van der Waals surface area contributed by atoms with Crippen LogP contribution in [0.2, 0.25) is 5.02 Å². The first kappa shape index (κ1) is 14.1. The van der Waals surface area contributed by atoms with Gasteiger partial charge in [-0.2, -0.15) is 0 Å². The molecule has 0 amide bonds. The summed E-state index contributed by atoms with van der Waals surface area (Å²) < 4.78 is 0. The van der Waals surface area contributed by atoms with Crippen LogP contribution in [-0.2, 0) is 0 Å². The summed E-state index contributed by atoms with van der Waals surface area (Å²) in [7, 11) is 0. The van der Waals surface area contributed by atoms with Gasteiger partial charge in [-0.3, -0.25) is 10.1 Å². The van der Waals surface area contributed by atoms with Gasteiger partial charge < -0.3 is 10.4 Å². The summed E-state index contributed by atoms with van der Waals surface area (Å²) in [6.45, 7) is 1.83. The lowest BCUT2D eigenvalue weighted by molar-refractivity contribution is -0.384. The molecule has 0 atom stereocenters. The van der Waals surface area contributed by atoms with Crippen LogP contribution in [0, 0.1) is 10.1 Å². The van der Waals surface area contributed by atoms with Crippen LogP contribution >= 0.6 is 11.6 Å². The van der Waals surface area contributed by atoms with Crippen LogP contribution in [0.15, 0.2) is 18.2 Å². The number of benzene rings is 1. The van der Waals surface area contributed by atoms with Crippen molar-refractivity contribution in [2.24, 2.45) is 0 Å². The van der Waals surface area contributed by atoms with E-state index < -0.39 is 10.5 Å². The fourth-order valence-electron chi connectivity index (χ4n) is 2.38. The third kappa shape index (κ3) is 3.58. The SMILES string of the molecule is CC1(O)CCC(Nc2ccc(Cl)cc2[N+](=O)[O-])CC1. The third-order valence-corrected chi connectivity index (χ3v) is 3.81. The molecule has 6 heteroatoms. The van der Waals surface area contributed by atoms with Crippen molar-refractivity contribution in [3.63, 3.8) is 0 Å². The molecule has 0 radical (unpaired) electrons. The van der Waals surface area contributed by atoms with E-state index in [1.54, 1.807) is 12.1 Å². The van der Waals surface area contributed by atoms with Gasteiger partial charge in [0.25, 0.3) is 5.69 Å². The highest BCUT2D eigenvalue weighted by molar-refractivity contribution is 6.30. The molecule has 0 saturated heterocycles. The number of anilines is 1. The molecule has 19 heavy (non-hydrogen) atoms. The summed E-state index contributed by atoms with van der Waals surface area (Å²) in [4.78, 5) is 10.5. The quantitative estimate of drug-likeness (QED) is 0.659. The Bertz CT molecular complexity index is 481. The number of halogens is 1. The number of hydrogen-bond donors (Lipinski definition) is 2. The summed E-state index contributed by atoms with van der Waals surface area (Å²) in [5.41, 5.74) is -0.129. The molecule has 0 bridgehead atoms. The Labute approximate surface area is 116 Å². The lowest BCUT2D eigenvalue weighted by atomic mass is 9.83. The lowest BCUT2D eigenvalue weighted by Crippen LogP contribution is -2.35. The van der Waals surface area contributed by atoms with E-state index >= 15 is 0 Å². The Hall–Kier alpha value is -1.33. The van der Waals surface area contributed by atoms with Gasteiger partial charge in [0.05, 0.1) is 10.5 Å². The molecular weight excluding hydrogens is 268 g/mol. The van der Waals surface area contributed by atoms with Crippen molar-refractivity contribution in [3.05, 3.63) is 33.3 Å². The molecule has 104 valence electrons. The molecule has 1 aliphatic rings. The number of nitrogens with one attached hydrogen (secondary N) is 1. The smallest absolute Gasteiger partial charge is 0.293 e. The fourth-order valence-corrected chi connectivity index (χ4v) is 2.55. The molecule has 0 unspecified atom stereocenters. The minimum atomic E-state index is -0.607. The van der Waals surface area contributed by atoms with Crippen molar-refractivity contribution in [1.82, 2.24) is 0 Å². The maximum Gasteiger partial charge on any atom is 0.293 e. The average molecular weight is 285 g/mol. The first-order valence-electron chi connectivity index (χ1n) is 6.30. The Kier molecular flexibility index (Phi) is 3.96. The fraction of sp³-hybridized carbons (Fsp3) is 0.538. The number of aliphatic hydroxyl groups is 1. The van der Waals surface area contributed by atoms with E-state index in [0.717, 1.165) is 12.8 Å². The van der Waals surface area contributed by atoms with E-state index in [1.807, 2.05) is 6.92 Å². The molecule has 1 fully saturated rings. The van der Waals surface area contributed by atoms with Crippen molar-refractivity contribution < 1.29 is 10.0 Å². The summed E-state index contributed by atoms with van der Waals surface area (Å²) in [6, 6.07) is 4.77. The van der Waals surface area contributed by atoms with E-state index in [2.05, 4.69) is 5.32 Å². The normalized spacial score (nSPS) is 27.0. The second-order valence-electron chi connectivity index (χ2n) is 5.33. The zero-order chi connectivity index (χ0) is 14.0. The first-order chi connectivity index (χ1) is 8.87. The van der Waals surface area contributed by atoms with Crippen LogP contribution in [-0.4, -0.2) is 21.7 Å². The molecule has 0 aliphatic heterocycles. The predicted molar refractivity (Wildman–Crippen MR) is 74.6 cm³/mol. The molecule has 5 nitrogen and oxygen atoms in total. The second-order valence-corrected chi connectivity index (χ2v) is 5.77. The highest BCUT2D eigenvalue weighted by atomic mass is 35.5. The first-order valence-corrected chi connectivity index (χ1v) is 6.68. The third-order valence-electron chi connectivity index (χ3n) is 3.58. The van der Waals surface area contributed by atoms with Gasteiger partial charge >= 0.3 is 0 Å². The average Bonchev–Trinajstić information content (AvgIpc) is 2.33. The zero-order valence-electron chi connectivity index (χ0n) is 10.7. The molecule has 1 saturated carbocycles. The van der Waals surface area contributed by atoms with Gasteiger partial charge in [-0.1, -0.05) is 11.6 Å². The molecule has 2 N–H and O–H groups in total. The number of nitrogens with zero attached hydrogens (tertiary/aromatic N) is 1. The summed E-state index contributed by atoms with van der Waals surface area (Å²) >= 11 is 5.78. The van der Waals surface area contributed by atoms with Crippen molar-refractivity contribution in [2.45, 2.75) is 44.2 Å². The number of nitro groups is 1. The summed E-state index contributed by atoms with van der Waals surface area (Å²) in [5, 5.41) is 24.4. The molecule has 2 rings (SSSR count). The van der Waals surface area contributed by atoms with Crippen LogP contribution in [0.4, 0.5) is 11.4 Å². The summed E-state index contributed by atoms with van der Waals surface area (Å²) in [5.74, 6) is 0. The molecule has 0 aromatic heterocycles. The molecule has 1 aromatic carbocycles. The lowest BCUT2D eigenvalue weighted by Gasteiger charge is -2.33. The maximum atomic E-state index is 11.0. The monoisotopic (exact) mass is 284 g/mol. The van der Waals surface area contributed by atoms with Crippen molar-refractivity contribution >= 4 is 23.0 Å². The van der Waals surface area contributed by atoms with E-state index in [1.165, 1.54) is 6.07 Å². The molecule has 0 heterocycles. The Morgan fingerprint density at radius 1 is 1.47 bits per heavy atom. The maximum absolute atomic E-state index is 11.0. The second kappa shape index (κ2) is 5.35. The van der Waals surface area contributed by atoms with E-state index in [4.69, 9.17) is 11.6 Å². The number of rotatable bonds is 3. The zero-order valence-corrected chi connectivity index (χ0v) is 11.5. The van der Waals surface area contributed by atoms with Crippen LogP contribution in [0.5, 0.6) is 0 Å².